The Morgan fingerprint density at radius 2 is 1.93 bits per heavy atom. The second kappa shape index (κ2) is 4.43. The average Bonchev–Trinajstić information content (AvgIpc) is 2.71. The van der Waals surface area contributed by atoms with E-state index in [1.807, 2.05) is 12.1 Å². The molecule has 0 nitrogen and oxygen atoms in total. The Hall–Kier alpha value is -0.380. The minimum absolute atomic E-state index is 0.00594. The maximum atomic E-state index is 4.30. The molecule has 0 aliphatic carbocycles. The Kier molecular flexibility index (Phi) is 3.21. The fourth-order valence-corrected chi connectivity index (χ4v) is 2.29. The third-order valence-electron chi connectivity index (χ3n) is 2.04. The van der Waals surface area contributed by atoms with Crippen molar-refractivity contribution >= 4 is 36.6 Å². The summed E-state index contributed by atoms with van der Waals surface area (Å²) in [5, 5.41) is 4.23. The Bertz CT molecular complexity index is 404. The molecule has 0 unspecified atom stereocenters. The number of hydrogen-bond donors (Lipinski definition) is 2. The highest BCUT2D eigenvalue weighted by Gasteiger charge is 2.02. The summed E-state index contributed by atoms with van der Waals surface area (Å²) in [6.45, 7) is 0. The van der Waals surface area contributed by atoms with Gasteiger partial charge in [-0.2, -0.15) is 36.6 Å². The van der Waals surface area contributed by atoms with Gasteiger partial charge in [0.25, 0.3) is 0 Å². The fourth-order valence-electron chi connectivity index (χ4n) is 1.31. The quantitative estimate of drug-likeness (QED) is 0.566. The first-order valence-corrected chi connectivity index (χ1v) is 6.23. The molecule has 0 fully saturated rings. The van der Waals surface area contributed by atoms with E-state index in [-0.39, 0.29) is 4.58 Å². The molecule has 0 amide bonds. The first-order chi connectivity index (χ1) is 6.77. The van der Waals surface area contributed by atoms with Crippen LogP contribution in [0.25, 0.3) is 11.1 Å². The van der Waals surface area contributed by atoms with Gasteiger partial charge in [0.15, 0.2) is 0 Å². The second-order valence-corrected chi connectivity index (χ2v) is 5.23. The molecule has 1 heterocycles. The first-order valence-electron chi connectivity index (χ1n) is 4.26. The third kappa shape index (κ3) is 2.16. The highest BCUT2D eigenvalue weighted by Crippen LogP contribution is 2.28. The van der Waals surface area contributed by atoms with Gasteiger partial charge in [0.2, 0.25) is 0 Å². The number of hydrogen-bond acceptors (Lipinski definition) is 3. The molecule has 0 saturated heterocycles. The Balaban J connectivity index is 2.41. The SMILES string of the molecule is SC(S)c1cccc(-c2ccsc2)c1. The van der Waals surface area contributed by atoms with Crippen LogP contribution in [0, 0.1) is 0 Å². The van der Waals surface area contributed by atoms with Crippen molar-refractivity contribution in [3.8, 4) is 11.1 Å². The van der Waals surface area contributed by atoms with Gasteiger partial charge in [0, 0.05) is 0 Å². The smallest absolute Gasteiger partial charge is 0.0692 e. The van der Waals surface area contributed by atoms with Gasteiger partial charge in [-0.1, -0.05) is 18.2 Å². The van der Waals surface area contributed by atoms with Crippen LogP contribution in [0.1, 0.15) is 10.1 Å². The Morgan fingerprint density at radius 3 is 2.57 bits per heavy atom. The van der Waals surface area contributed by atoms with Crippen LogP contribution in [-0.2, 0) is 0 Å². The molecule has 0 bridgehead atoms. The van der Waals surface area contributed by atoms with E-state index in [4.69, 9.17) is 0 Å². The van der Waals surface area contributed by atoms with Crippen LogP contribution in [0.3, 0.4) is 0 Å². The maximum absolute atomic E-state index is 4.30. The number of rotatable bonds is 2. The van der Waals surface area contributed by atoms with Crippen molar-refractivity contribution in [3.05, 3.63) is 46.7 Å². The molecule has 0 aliphatic heterocycles. The van der Waals surface area contributed by atoms with E-state index in [0.29, 0.717) is 0 Å². The number of thiol groups is 2. The van der Waals surface area contributed by atoms with Crippen LogP contribution in [-0.4, -0.2) is 0 Å². The topological polar surface area (TPSA) is 0 Å². The van der Waals surface area contributed by atoms with Gasteiger partial charge >= 0.3 is 0 Å². The molecule has 2 aromatic rings. The summed E-state index contributed by atoms with van der Waals surface area (Å²) in [6.07, 6.45) is 0. The van der Waals surface area contributed by atoms with E-state index >= 15 is 0 Å². The standard InChI is InChI=1S/C11H10S3/c12-11(13)9-3-1-2-8(6-9)10-4-5-14-7-10/h1-7,11-13H. The lowest BCUT2D eigenvalue weighted by Crippen LogP contribution is -1.82. The minimum atomic E-state index is -0.00594. The molecule has 72 valence electrons. The summed E-state index contributed by atoms with van der Waals surface area (Å²) in [5.74, 6) is 0. The zero-order valence-electron chi connectivity index (χ0n) is 7.42. The van der Waals surface area contributed by atoms with E-state index in [1.165, 1.54) is 11.1 Å². The molecule has 1 aromatic carbocycles. The largest absolute Gasteiger partial charge is 0.160 e. The van der Waals surface area contributed by atoms with Gasteiger partial charge in [-0.05, 0) is 39.6 Å². The fraction of sp³-hybridized carbons (Fsp3) is 0.0909. The number of benzene rings is 1. The molecule has 0 atom stereocenters. The predicted molar refractivity (Wildman–Crippen MR) is 70.5 cm³/mol. The van der Waals surface area contributed by atoms with E-state index in [2.05, 4.69) is 54.2 Å². The maximum Gasteiger partial charge on any atom is 0.0692 e. The van der Waals surface area contributed by atoms with Crippen molar-refractivity contribution in [2.45, 2.75) is 4.58 Å². The Morgan fingerprint density at radius 1 is 1.07 bits per heavy atom. The van der Waals surface area contributed by atoms with E-state index in [0.717, 1.165) is 5.56 Å². The molecule has 0 radical (unpaired) electrons. The van der Waals surface area contributed by atoms with Gasteiger partial charge in [0.05, 0.1) is 4.58 Å². The average molecular weight is 238 g/mol. The van der Waals surface area contributed by atoms with Crippen molar-refractivity contribution in [2.75, 3.05) is 0 Å². The van der Waals surface area contributed by atoms with Crippen molar-refractivity contribution < 1.29 is 0 Å². The molecular formula is C11H10S3. The zero-order chi connectivity index (χ0) is 9.97. The highest BCUT2D eigenvalue weighted by molar-refractivity contribution is 7.98. The molecule has 0 aliphatic rings. The van der Waals surface area contributed by atoms with Gasteiger partial charge in [-0.15, -0.1) is 0 Å². The summed E-state index contributed by atoms with van der Waals surface area (Å²) in [6, 6.07) is 10.4. The molecule has 0 spiro atoms. The van der Waals surface area contributed by atoms with Crippen LogP contribution in [0.4, 0.5) is 0 Å². The van der Waals surface area contributed by atoms with E-state index < -0.39 is 0 Å². The van der Waals surface area contributed by atoms with E-state index in [9.17, 15) is 0 Å². The summed E-state index contributed by atoms with van der Waals surface area (Å²) in [4.78, 5) is 0. The molecule has 14 heavy (non-hydrogen) atoms. The van der Waals surface area contributed by atoms with Crippen LogP contribution in [0.5, 0.6) is 0 Å². The van der Waals surface area contributed by atoms with Crippen LogP contribution in [0.2, 0.25) is 0 Å². The summed E-state index contributed by atoms with van der Waals surface area (Å²) >= 11 is 10.3. The summed E-state index contributed by atoms with van der Waals surface area (Å²) in [5.41, 5.74) is 3.64. The number of thiophene rings is 1. The lowest BCUT2D eigenvalue weighted by atomic mass is 10.1. The van der Waals surface area contributed by atoms with Crippen molar-refractivity contribution in [1.82, 2.24) is 0 Å². The molecule has 3 heteroatoms. The summed E-state index contributed by atoms with van der Waals surface area (Å²) in [7, 11) is 0. The van der Waals surface area contributed by atoms with Crippen LogP contribution in [0.15, 0.2) is 41.1 Å². The lowest BCUT2D eigenvalue weighted by Gasteiger charge is -2.05. The van der Waals surface area contributed by atoms with Gasteiger partial charge in [-0.25, -0.2) is 0 Å². The van der Waals surface area contributed by atoms with E-state index in [1.54, 1.807) is 11.3 Å². The van der Waals surface area contributed by atoms with Crippen LogP contribution < -0.4 is 0 Å². The molecule has 2 rings (SSSR count). The van der Waals surface area contributed by atoms with Gasteiger partial charge < -0.3 is 0 Å². The van der Waals surface area contributed by atoms with Crippen molar-refractivity contribution in [2.24, 2.45) is 0 Å². The monoisotopic (exact) mass is 238 g/mol. The lowest BCUT2D eigenvalue weighted by molar-refractivity contribution is 1.40. The van der Waals surface area contributed by atoms with Crippen molar-refractivity contribution in [3.63, 3.8) is 0 Å². The third-order valence-corrected chi connectivity index (χ3v) is 3.32. The zero-order valence-corrected chi connectivity index (χ0v) is 10.0. The molecule has 0 N–H and O–H groups in total. The van der Waals surface area contributed by atoms with Gasteiger partial charge in [-0.3, -0.25) is 0 Å². The minimum Gasteiger partial charge on any atom is -0.160 e. The van der Waals surface area contributed by atoms with Gasteiger partial charge in [0.1, 0.15) is 0 Å². The predicted octanol–water partition coefficient (Wildman–Crippen LogP) is 4.27. The van der Waals surface area contributed by atoms with Crippen LogP contribution >= 0.6 is 36.6 Å². The molecule has 0 saturated carbocycles. The highest BCUT2D eigenvalue weighted by atomic mass is 32.2. The second-order valence-electron chi connectivity index (χ2n) is 3.01. The molecule has 1 aromatic heterocycles. The van der Waals surface area contributed by atoms with Crippen molar-refractivity contribution in [1.29, 1.82) is 0 Å². The molecular weight excluding hydrogens is 228 g/mol. The summed E-state index contributed by atoms with van der Waals surface area (Å²) < 4.78 is -0.00594. The Labute approximate surface area is 98.8 Å². The normalized spacial score (nSPS) is 10.8. The first kappa shape index (κ1) is 10.1.